The van der Waals surface area contributed by atoms with Crippen LogP contribution in [0.1, 0.15) is 0 Å². The van der Waals surface area contributed by atoms with Crippen molar-refractivity contribution < 1.29 is 8.42 Å². The molecule has 0 aliphatic rings. The van der Waals surface area contributed by atoms with Gasteiger partial charge in [0.15, 0.2) is 9.84 Å². The Morgan fingerprint density at radius 3 is 1.79 bits per heavy atom. The first-order valence-corrected chi connectivity index (χ1v) is 8.82. The molecule has 0 heterocycles. The minimum atomic E-state index is -3.13. The average molecular weight is 293 g/mol. The van der Waals surface area contributed by atoms with E-state index >= 15 is 0 Å². The van der Waals surface area contributed by atoms with Crippen LogP contribution in [0.2, 0.25) is 0 Å². The fourth-order valence-electron chi connectivity index (χ4n) is 1.63. The number of hydrogen-bond acceptors (Lipinski definition) is 4. The quantitative estimate of drug-likeness (QED) is 0.876. The summed E-state index contributed by atoms with van der Waals surface area (Å²) in [5.74, 6) is 0. The SMILES string of the molecule is CSc1ccc(Nc2ccc(S(C)(=O)=O)cc2)cc1. The molecule has 0 atom stereocenters. The van der Waals surface area contributed by atoms with Gasteiger partial charge in [0, 0.05) is 22.5 Å². The Balaban J connectivity index is 2.15. The molecule has 5 heteroatoms. The smallest absolute Gasteiger partial charge is 0.175 e. The minimum Gasteiger partial charge on any atom is -0.356 e. The Hall–Kier alpha value is -1.46. The van der Waals surface area contributed by atoms with E-state index in [2.05, 4.69) is 5.32 Å². The van der Waals surface area contributed by atoms with E-state index in [-0.39, 0.29) is 0 Å². The Kier molecular flexibility index (Phi) is 4.17. The molecule has 0 unspecified atom stereocenters. The lowest BCUT2D eigenvalue weighted by atomic mass is 10.3. The predicted molar refractivity (Wildman–Crippen MR) is 81.1 cm³/mol. The molecule has 0 fully saturated rings. The van der Waals surface area contributed by atoms with E-state index in [1.807, 2.05) is 30.5 Å². The van der Waals surface area contributed by atoms with Crippen LogP contribution in [-0.2, 0) is 9.84 Å². The van der Waals surface area contributed by atoms with Gasteiger partial charge in [-0.25, -0.2) is 8.42 Å². The molecule has 2 aromatic carbocycles. The summed E-state index contributed by atoms with van der Waals surface area (Å²) in [7, 11) is -3.13. The van der Waals surface area contributed by atoms with Gasteiger partial charge in [-0.1, -0.05) is 0 Å². The average Bonchev–Trinajstić information content (AvgIpc) is 2.39. The third kappa shape index (κ3) is 3.75. The van der Waals surface area contributed by atoms with Crippen molar-refractivity contribution in [1.29, 1.82) is 0 Å². The normalized spacial score (nSPS) is 11.3. The first kappa shape index (κ1) is 14.0. The Bertz CT molecular complexity index is 647. The molecule has 100 valence electrons. The third-order valence-electron chi connectivity index (χ3n) is 2.66. The summed E-state index contributed by atoms with van der Waals surface area (Å²) in [6, 6.07) is 14.8. The number of rotatable bonds is 4. The molecule has 19 heavy (non-hydrogen) atoms. The van der Waals surface area contributed by atoms with E-state index < -0.39 is 9.84 Å². The van der Waals surface area contributed by atoms with Crippen LogP contribution in [0.4, 0.5) is 11.4 Å². The van der Waals surface area contributed by atoms with Gasteiger partial charge in [0.1, 0.15) is 0 Å². The van der Waals surface area contributed by atoms with Gasteiger partial charge in [0.25, 0.3) is 0 Å². The summed E-state index contributed by atoms with van der Waals surface area (Å²) in [5.41, 5.74) is 1.84. The van der Waals surface area contributed by atoms with Gasteiger partial charge < -0.3 is 5.32 Å². The maximum Gasteiger partial charge on any atom is 0.175 e. The van der Waals surface area contributed by atoms with Crippen LogP contribution in [-0.4, -0.2) is 20.9 Å². The molecule has 1 N–H and O–H groups in total. The molecule has 0 radical (unpaired) electrons. The van der Waals surface area contributed by atoms with Gasteiger partial charge in [-0.2, -0.15) is 0 Å². The van der Waals surface area contributed by atoms with E-state index in [0.717, 1.165) is 11.4 Å². The van der Waals surface area contributed by atoms with Crippen molar-refractivity contribution in [3.8, 4) is 0 Å². The number of anilines is 2. The van der Waals surface area contributed by atoms with Crippen molar-refractivity contribution in [3.05, 3.63) is 48.5 Å². The lowest BCUT2D eigenvalue weighted by Crippen LogP contribution is -1.97. The van der Waals surface area contributed by atoms with Crippen LogP contribution in [0, 0.1) is 0 Å². The van der Waals surface area contributed by atoms with Gasteiger partial charge in [0.05, 0.1) is 4.90 Å². The fraction of sp³-hybridized carbons (Fsp3) is 0.143. The first-order valence-electron chi connectivity index (χ1n) is 5.70. The predicted octanol–water partition coefficient (Wildman–Crippen LogP) is 3.56. The molecule has 0 saturated heterocycles. The van der Waals surface area contributed by atoms with Crippen LogP contribution in [0.5, 0.6) is 0 Å². The number of sulfone groups is 1. The molecule has 2 rings (SSSR count). The molecule has 0 aliphatic carbocycles. The van der Waals surface area contributed by atoms with Crippen molar-refractivity contribution in [1.82, 2.24) is 0 Å². The zero-order valence-electron chi connectivity index (χ0n) is 10.8. The largest absolute Gasteiger partial charge is 0.356 e. The second-order valence-corrected chi connectivity index (χ2v) is 7.05. The lowest BCUT2D eigenvalue weighted by Gasteiger charge is -2.07. The number of nitrogens with one attached hydrogen (secondary N) is 1. The second-order valence-electron chi connectivity index (χ2n) is 4.15. The summed E-state index contributed by atoms with van der Waals surface area (Å²) in [6.45, 7) is 0. The highest BCUT2D eigenvalue weighted by Crippen LogP contribution is 2.21. The molecule has 0 amide bonds. The van der Waals surface area contributed by atoms with Crippen LogP contribution in [0.15, 0.2) is 58.3 Å². The number of thioether (sulfide) groups is 1. The van der Waals surface area contributed by atoms with E-state index in [9.17, 15) is 8.42 Å². The molecule has 2 aromatic rings. The minimum absolute atomic E-state index is 0.329. The highest BCUT2D eigenvalue weighted by molar-refractivity contribution is 7.98. The lowest BCUT2D eigenvalue weighted by molar-refractivity contribution is 0.602. The summed E-state index contributed by atoms with van der Waals surface area (Å²) in [5, 5.41) is 3.23. The Morgan fingerprint density at radius 2 is 1.37 bits per heavy atom. The molecule has 0 aliphatic heterocycles. The van der Waals surface area contributed by atoms with E-state index in [0.29, 0.717) is 4.90 Å². The van der Waals surface area contributed by atoms with E-state index in [4.69, 9.17) is 0 Å². The summed E-state index contributed by atoms with van der Waals surface area (Å²) >= 11 is 1.69. The zero-order valence-corrected chi connectivity index (χ0v) is 12.4. The van der Waals surface area contributed by atoms with Crippen LogP contribution in [0.3, 0.4) is 0 Å². The molecule has 0 saturated carbocycles. The van der Waals surface area contributed by atoms with E-state index in [1.54, 1.807) is 36.0 Å². The van der Waals surface area contributed by atoms with Gasteiger partial charge in [-0.05, 0) is 54.8 Å². The number of benzene rings is 2. The van der Waals surface area contributed by atoms with Crippen LogP contribution in [0.25, 0.3) is 0 Å². The second kappa shape index (κ2) is 5.67. The molecule has 3 nitrogen and oxygen atoms in total. The summed E-state index contributed by atoms with van der Waals surface area (Å²) < 4.78 is 22.7. The van der Waals surface area contributed by atoms with Gasteiger partial charge >= 0.3 is 0 Å². The maximum absolute atomic E-state index is 11.4. The van der Waals surface area contributed by atoms with Gasteiger partial charge in [0.2, 0.25) is 0 Å². The van der Waals surface area contributed by atoms with Gasteiger partial charge in [-0.3, -0.25) is 0 Å². The standard InChI is InChI=1S/C14H15NO2S2/c1-18-13-7-3-11(4-8-13)15-12-5-9-14(10-6-12)19(2,16)17/h3-10,15H,1-2H3. The third-order valence-corrected chi connectivity index (χ3v) is 4.53. The molecule has 0 spiro atoms. The molecular formula is C14H15NO2S2. The highest BCUT2D eigenvalue weighted by Gasteiger charge is 2.05. The Morgan fingerprint density at radius 1 is 0.895 bits per heavy atom. The van der Waals surface area contributed by atoms with Crippen molar-refractivity contribution in [3.63, 3.8) is 0 Å². The highest BCUT2D eigenvalue weighted by atomic mass is 32.2. The molecule has 0 bridgehead atoms. The van der Waals surface area contributed by atoms with Crippen molar-refractivity contribution in [2.45, 2.75) is 9.79 Å². The monoisotopic (exact) mass is 293 g/mol. The van der Waals surface area contributed by atoms with Crippen LogP contribution < -0.4 is 5.32 Å². The maximum atomic E-state index is 11.4. The molecular weight excluding hydrogens is 278 g/mol. The Labute approximate surface area is 118 Å². The first-order chi connectivity index (χ1) is 8.99. The molecule has 0 aromatic heterocycles. The zero-order chi connectivity index (χ0) is 13.9. The van der Waals surface area contributed by atoms with E-state index in [1.165, 1.54) is 11.2 Å². The summed E-state index contributed by atoms with van der Waals surface area (Å²) in [6.07, 6.45) is 3.24. The van der Waals surface area contributed by atoms with Crippen molar-refractivity contribution in [2.24, 2.45) is 0 Å². The van der Waals surface area contributed by atoms with Crippen molar-refractivity contribution >= 4 is 33.0 Å². The van der Waals surface area contributed by atoms with Crippen molar-refractivity contribution in [2.75, 3.05) is 17.8 Å². The number of hydrogen-bond donors (Lipinski definition) is 1. The van der Waals surface area contributed by atoms with Gasteiger partial charge in [-0.15, -0.1) is 11.8 Å². The van der Waals surface area contributed by atoms with Crippen LogP contribution >= 0.6 is 11.8 Å². The fourth-order valence-corrected chi connectivity index (χ4v) is 2.67. The summed E-state index contributed by atoms with van der Waals surface area (Å²) in [4.78, 5) is 1.54. The topological polar surface area (TPSA) is 46.2 Å².